The molecule has 0 bridgehead atoms. The number of fused-ring (bicyclic) bond motifs is 1. The van der Waals surface area contributed by atoms with Gasteiger partial charge in [-0.15, -0.1) is 5.10 Å². The molecule has 7 nitrogen and oxygen atoms in total. The first kappa shape index (κ1) is 12.3. The molecule has 0 amide bonds. The average Bonchev–Trinajstić information content (AvgIpc) is 2.65. The molecule has 0 spiro atoms. The van der Waals surface area contributed by atoms with Crippen molar-refractivity contribution in [2.24, 2.45) is 0 Å². The first-order valence-corrected chi connectivity index (χ1v) is 5.67. The standard InChI is InChI=1S/C11H15N5O2/c1-4-18-9(17)5-8-6(2)13-11-14-10(12)15-16(11)7(8)3/h4-5H2,1-3H3,(H2,12,15). The summed E-state index contributed by atoms with van der Waals surface area (Å²) in [7, 11) is 0. The molecular weight excluding hydrogens is 234 g/mol. The number of nitrogens with zero attached hydrogens (tertiary/aromatic N) is 4. The van der Waals surface area contributed by atoms with Crippen molar-refractivity contribution >= 4 is 17.7 Å². The lowest BCUT2D eigenvalue weighted by molar-refractivity contribution is -0.142. The molecule has 0 saturated carbocycles. The minimum atomic E-state index is -0.280. The van der Waals surface area contributed by atoms with E-state index >= 15 is 0 Å². The highest BCUT2D eigenvalue weighted by atomic mass is 16.5. The van der Waals surface area contributed by atoms with E-state index in [1.165, 1.54) is 4.52 Å². The minimum absolute atomic E-state index is 0.165. The van der Waals surface area contributed by atoms with Crippen LogP contribution in [0.4, 0.5) is 5.95 Å². The number of esters is 1. The van der Waals surface area contributed by atoms with Gasteiger partial charge in [0, 0.05) is 17.0 Å². The molecule has 0 aliphatic heterocycles. The van der Waals surface area contributed by atoms with E-state index in [2.05, 4.69) is 15.1 Å². The Kier molecular flexibility index (Phi) is 3.14. The second-order valence-corrected chi connectivity index (χ2v) is 3.92. The summed E-state index contributed by atoms with van der Waals surface area (Å²) in [5.41, 5.74) is 7.87. The molecule has 7 heteroatoms. The van der Waals surface area contributed by atoms with Crippen LogP contribution in [0.1, 0.15) is 23.9 Å². The van der Waals surface area contributed by atoms with Crippen LogP contribution in [0.15, 0.2) is 0 Å². The number of nitrogen functional groups attached to an aromatic ring is 1. The zero-order chi connectivity index (χ0) is 13.3. The molecule has 96 valence electrons. The Labute approximate surface area is 104 Å². The highest BCUT2D eigenvalue weighted by Gasteiger charge is 2.15. The van der Waals surface area contributed by atoms with Crippen LogP contribution in [-0.4, -0.2) is 32.2 Å². The zero-order valence-corrected chi connectivity index (χ0v) is 10.6. The van der Waals surface area contributed by atoms with Crippen molar-refractivity contribution in [3.8, 4) is 0 Å². The zero-order valence-electron chi connectivity index (χ0n) is 10.6. The van der Waals surface area contributed by atoms with Crippen LogP contribution in [0.25, 0.3) is 5.78 Å². The Hall–Kier alpha value is -2.18. The van der Waals surface area contributed by atoms with Gasteiger partial charge in [0.2, 0.25) is 5.95 Å². The van der Waals surface area contributed by atoms with Crippen LogP contribution in [-0.2, 0) is 16.0 Å². The van der Waals surface area contributed by atoms with Crippen molar-refractivity contribution in [2.75, 3.05) is 12.3 Å². The van der Waals surface area contributed by atoms with Crippen LogP contribution in [0.2, 0.25) is 0 Å². The smallest absolute Gasteiger partial charge is 0.310 e. The van der Waals surface area contributed by atoms with Crippen molar-refractivity contribution in [3.05, 3.63) is 17.0 Å². The van der Waals surface area contributed by atoms with Crippen LogP contribution in [0, 0.1) is 13.8 Å². The summed E-state index contributed by atoms with van der Waals surface area (Å²) in [4.78, 5) is 19.8. The number of hydrogen-bond donors (Lipinski definition) is 1. The molecule has 0 aromatic carbocycles. The van der Waals surface area contributed by atoms with Gasteiger partial charge in [0.1, 0.15) is 0 Å². The lowest BCUT2D eigenvalue weighted by atomic mass is 10.1. The van der Waals surface area contributed by atoms with E-state index in [0.29, 0.717) is 12.4 Å². The van der Waals surface area contributed by atoms with Crippen LogP contribution in [0.5, 0.6) is 0 Å². The Morgan fingerprint density at radius 1 is 1.39 bits per heavy atom. The average molecular weight is 249 g/mol. The quantitative estimate of drug-likeness (QED) is 0.792. The van der Waals surface area contributed by atoms with Gasteiger partial charge in [0.25, 0.3) is 5.78 Å². The van der Waals surface area contributed by atoms with Gasteiger partial charge in [-0.3, -0.25) is 4.79 Å². The maximum absolute atomic E-state index is 11.5. The van der Waals surface area contributed by atoms with E-state index in [1.807, 2.05) is 13.8 Å². The van der Waals surface area contributed by atoms with Crippen molar-refractivity contribution in [1.29, 1.82) is 0 Å². The van der Waals surface area contributed by atoms with Crippen molar-refractivity contribution in [2.45, 2.75) is 27.2 Å². The highest BCUT2D eigenvalue weighted by molar-refractivity contribution is 5.73. The van der Waals surface area contributed by atoms with E-state index in [0.717, 1.165) is 17.0 Å². The molecule has 2 aromatic heterocycles. The number of nitrogens with two attached hydrogens (primary N) is 1. The second kappa shape index (κ2) is 4.59. The van der Waals surface area contributed by atoms with Gasteiger partial charge in [0.15, 0.2) is 0 Å². The first-order chi connectivity index (χ1) is 8.52. The number of aromatic nitrogens is 4. The lowest BCUT2D eigenvalue weighted by Crippen LogP contribution is -2.13. The molecule has 2 aromatic rings. The third-order valence-corrected chi connectivity index (χ3v) is 2.69. The maximum atomic E-state index is 11.5. The molecule has 0 aliphatic rings. The Bertz CT molecular complexity index is 605. The SMILES string of the molecule is CCOC(=O)Cc1c(C)nc2nc(N)nn2c1C. The molecule has 0 unspecified atom stereocenters. The van der Waals surface area contributed by atoms with Crippen molar-refractivity contribution in [1.82, 2.24) is 19.6 Å². The highest BCUT2D eigenvalue weighted by Crippen LogP contribution is 2.15. The van der Waals surface area contributed by atoms with E-state index < -0.39 is 0 Å². The lowest BCUT2D eigenvalue weighted by Gasteiger charge is -2.09. The number of ether oxygens (including phenoxy) is 1. The first-order valence-electron chi connectivity index (χ1n) is 5.67. The van der Waals surface area contributed by atoms with E-state index in [9.17, 15) is 4.79 Å². The number of hydrogen-bond acceptors (Lipinski definition) is 6. The summed E-state index contributed by atoms with van der Waals surface area (Å²) in [5, 5.41) is 4.04. The fourth-order valence-electron chi connectivity index (χ4n) is 1.84. The molecule has 0 atom stereocenters. The van der Waals surface area contributed by atoms with Gasteiger partial charge in [-0.2, -0.15) is 9.50 Å². The summed E-state index contributed by atoms with van der Waals surface area (Å²) in [6.07, 6.45) is 0.175. The van der Waals surface area contributed by atoms with E-state index in [-0.39, 0.29) is 18.3 Å². The summed E-state index contributed by atoms with van der Waals surface area (Å²) in [6.45, 7) is 5.82. The normalized spacial score (nSPS) is 10.8. The summed E-state index contributed by atoms with van der Waals surface area (Å²) in [5.74, 6) is 0.325. The van der Waals surface area contributed by atoms with E-state index in [1.54, 1.807) is 6.92 Å². The minimum Gasteiger partial charge on any atom is -0.466 e. The molecule has 0 aliphatic carbocycles. The molecule has 2 N–H and O–H groups in total. The van der Waals surface area contributed by atoms with Gasteiger partial charge in [0.05, 0.1) is 13.0 Å². The number of aryl methyl sites for hydroxylation is 2. The molecule has 2 rings (SSSR count). The Morgan fingerprint density at radius 3 is 2.78 bits per heavy atom. The van der Waals surface area contributed by atoms with Crippen LogP contribution in [0.3, 0.4) is 0 Å². The predicted octanol–water partition coefficient (Wildman–Crippen LogP) is 0.429. The van der Waals surface area contributed by atoms with Crippen LogP contribution < -0.4 is 5.73 Å². The predicted molar refractivity (Wildman–Crippen MR) is 65.0 cm³/mol. The molecule has 0 fully saturated rings. The van der Waals surface area contributed by atoms with Gasteiger partial charge < -0.3 is 10.5 Å². The molecule has 0 saturated heterocycles. The molecule has 18 heavy (non-hydrogen) atoms. The third kappa shape index (κ3) is 2.11. The molecule has 2 heterocycles. The largest absolute Gasteiger partial charge is 0.466 e. The topological polar surface area (TPSA) is 95.4 Å². The third-order valence-electron chi connectivity index (χ3n) is 2.69. The fourth-order valence-corrected chi connectivity index (χ4v) is 1.84. The number of anilines is 1. The molecule has 0 radical (unpaired) electrons. The van der Waals surface area contributed by atoms with Gasteiger partial charge in [-0.25, -0.2) is 4.98 Å². The fraction of sp³-hybridized carbons (Fsp3) is 0.455. The van der Waals surface area contributed by atoms with Gasteiger partial charge in [-0.05, 0) is 20.8 Å². The number of rotatable bonds is 3. The molecular formula is C11H15N5O2. The summed E-state index contributed by atoms with van der Waals surface area (Å²) in [6, 6.07) is 0. The van der Waals surface area contributed by atoms with E-state index in [4.69, 9.17) is 10.5 Å². The number of carbonyl (C=O) groups is 1. The summed E-state index contributed by atoms with van der Waals surface area (Å²) < 4.78 is 6.47. The Morgan fingerprint density at radius 2 is 2.11 bits per heavy atom. The van der Waals surface area contributed by atoms with Gasteiger partial charge in [-0.1, -0.05) is 0 Å². The monoisotopic (exact) mass is 249 g/mol. The second-order valence-electron chi connectivity index (χ2n) is 3.92. The number of carbonyl (C=O) groups excluding carboxylic acids is 1. The van der Waals surface area contributed by atoms with Crippen molar-refractivity contribution in [3.63, 3.8) is 0 Å². The summed E-state index contributed by atoms with van der Waals surface area (Å²) >= 11 is 0. The van der Waals surface area contributed by atoms with Gasteiger partial charge >= 0.3 is 5.97 Å². The maximum Gasteiger partial charge on any atom is 0.310 e. The van der Waals surface area contributed by atoms with Crippen LogP contribution >= 0.6 is 0 Å². The Balaban J connectivity index is 2.46. The van der Waals surface area contributed by atoms with Crippen molar-refractivity contribution < 1.29 is 9.53 Å².